The summed E-state index contributed by atoms with van der Waals surface area (Å²) in [5, 5.41) is 7.92. The second-order valence-electron chi connectivity index (χ2n) is 5.24. The van der Waals surface area contributed by atoms with Crippen molar-refractivity contribution in [2.45, 2.75) is 34.6 Å². The van der Waals surface area contributed by atoms with E-state index < -0.39 is 5.91 Å². The first-order valence-corrected chi connectivity index (χ1v) is 9.50. The van der Waals surface area contributed by atoms with E-state index in [4.69, 9.17) is 11.5 Å². The van der Waals surface area contributed by atoms with E-state index in [2.05, 4.69) is 15.2 Å². The molecule has 0 aliphatic rings. The Labute approximate surface area is 171 Å². The molecule has 0 bridgehead atoms. The van der Waals surface area contributed by atoms with Gasteiger partial charge in [-0.3, -0.25) is 14.6 Å². The van der Waals surface area contributed by atoms with Gasteiger partial charge >= 0.3 is 0 Å². The van der Waals surface area contributed by atoms with Crippen LogP contribution < -0.4 is 17.0 Å². The zero-order chi connectivity index (χ0) is 22.4. The fourth-order valence-electron chi connectivity index (χ4n) is 2.30. The van der Waals surface area contributed by atoms with Crippen molar-refractivity contribution in [1.29, 1.82) is 0 Å². The zero-order valence-electron chi connectivity index (χ0n) is 18.0. The molecule has 0 atom stereocenters. The normalized spacial score (nSPS) is 9.45. The van der Waals surface area contributed by atoms with E-state index in [-0.39, 0.29) is 5.56 Å². The molecule has 0 saturated carbocycles. The van der Waals surface area contributed by atoms with Gasteiger partial charge in [0.1, 0.15) is 0 Å². The van der Waals surface area contributed by atoms with Gasteiger partial charge in [-0.25, -0.2) is 5.10 Å². The second kappa shape index (κ2) is 13.7. The molecule has 0 aliphatic carbocycles. The molecule has 0 saturated heterocycles. The summed E-state index contributed by atoms with van der Waals surface area (Å²) in [5.74, 6) is -0.524. The number of anilines is 1. The molecule has 0 aliphatic heterocycles. The van der Waals surface area contributed by atoms with Gasteiger partial charge in [-0.05, 0) is 19.1 Å². The van der Waals surface area contributed by atoms with Gasteiger partial charge in [-0.15, -0.1) is 0 Å². The first-order valence-electron chi connectivity index (χ1n) is 9.50. The smallest absolute Gasteiger partial charge is 0.272 e. The minimum Gasteiger partial charge on any atom is -0.398 e. The molecule has 156 valence electrons. The third-order valence-electron chi connectivity index (χ3n) is 3.56. The van der Waals surface area contributed by atoms with E-state index in [1.807, 2.05) is 52.8 Å². The molecule has 3 aromatic rings. The number of nitrogen functional groups attached to an aromatic ring is 1. The highest BCUT2D eigenvalue weighted by Crippen LogP contribution is 2.15. The van der Waals surface area contributed by atoms with Crippen molar-refractivity contribution in [2.75, 3.05) is 12.8 Å². The molecule has 2 aromatic carbocycles. The van der Waals surface area contributed by atoms with Crippen LogP contribution in [0.15, 0.2) is 52.3 Å². The zero-order valence-corrected chi connectivity index (χ0v) is 18.0. The second-order valence-corrected chi connectivity index (χ2v) is 5.24. The first kappa shape index (κ1) is 25.5. The van der Waals surface area contributed by atoms with Gasteiger partial charge in [-0.2, -0.15) is 5.10 Å². The molecule has 7 nitrogen and oxygen atoms in total. The molecule has 0 fully saturated rings. The van der Waals surface area contributed by atoms with E-state index in [1.54, 1.807) is 37.5 Å². The van der Waals surface area contributed by atoms with Crippen LogP contribution in [0.25, 0.3) is 10.8 Å². The third kappa shape index (κ3) is 7.21. The summed E-state index contributed by atoms with van der Waals surface area (Å²) in [6.45, 7) is 9.87. The van der Waals surface area contributed by atoms with Gasteiger partial charge < -0.3 is 11.5 Å². The maximum atomic E-state index is 11.2. The lowest BCUT2D eigenvalue weighted by molar-refractivity contribution is 0.100. The number of hydrogen-bond donors (Lipinski definition) is 3. The molecule has 3 rings (SSSR count). The number of fused-ring (bicyclic) bond motifs is 1. The number of primary amides is 1. The number of nitrogens with zero attached hydrogens (tertiary/aromatic N) is 2. The molecule has 0 unspecified atom stereocenters. The highest BCUT2D eigenvalue weighted by atomic mass is 16.1. The molecule has 0 spiro atoms. The van der Waals surface area contributed by atoms with Crippen molar-refractivity contribution in [1.82, 2.24) is 10.2 Å². The summed E-state index contributed by atoms with van der Waals surface area (Å²) < 4.78 is 0. The number of hydrogen-bond acceptors (Lipinski definition) is 5. The molecular formula is C22H31N5O2. The van der Waals surface area contributed by atoms with E-state index in [9.17, 15) is 9.59 Å². The van der Waals surface area contributed by atoms with E-state index in [1.165, 1.54) is 0 Å². The van der Waals surface area contributed by atoms with E-state index >= 15 is 0 Å². The maximum absolute atomic E-state index is 11.2. The molecular weight excluding hydrogens is 366 g/mol. The Balaban J connectivity index is 0.000000462. The average Bonchev–Trinajstić information content (AvgIpc) is 2.76. The third-order valence-corrected chi connectivity index (χ3v) is 3.56. The van der Waals surface area contributed by atoms with Crippen LogP contribution in [0.1, 0.15) is 49.3 Å². The minimum absolute atomic E-state index is 0.129. The predicted molar refractivity (Wildman–Crippen MR) is 123 cm³/mol. The Kier molecular flexibility index (Phi) is 12.0. The SMILES string of the molecule is CC.CC.CN=Cc1cccc(C(N)=O)c1N.Cc1n[nH]c(=O)c2ccccc12. The lowest BCUT2D eigenvalue weighted by Gasteiger charge is -2.03. The summed E-state index contributed by atoms with van der Waals surface area (Å²) in [4.78, 5) is 25.9. The summed E-state index contributed by atoms with van der Waals surface area (Å²) in [5.41, 5.74) is 12.9. The number of aliphatic imine (C=N–C) groups is 1. The van der Waals surface area contributed by atoms with Gasteiger partial charge in [0.2, 0.25) is 0 Å². The number of carbonyl (C=O) groups is 1. The molecule has 29 heavy (non-hydrogen) atoms. The van der Waals surface area contributed by atoms with E-state index in [0.29, 0.717) is 22.2 Å². The first-order chi connectivity index (χ1) is 14.0. The maximum Gasteiger partial charge on any atom is 0.272 e. The molecule has 1 heterocycles. The average molecular weight is 398 g/mol. The lowest BCUT2D eigenvalue weighted by Crippen LogP contribution is -2.14. The number of aryl methyl sites for hydroxylation is 1. The largest absolute Gasteiger partial charge is 0.398 e. The standard InChI is InChI=1S/C9H11N3O.C9H8N2O.2C2H6/c1-12-5-6-3-2-4-7(8(6)10)9(11)13;1-6-7-4-2-3-5-8(7)9(12)11-10-6;2*1-2/h2-5H,10H2,1H3,(H2,11,13);2-5H,1H3,(H,11,12);2*1-2H3. The molecule has 7 heteroatoms. The monoisotopic (exact) mass is 397 g/mol. The topological polar surface area (TPSA) is 127 Å². The van der Waals surface area contributed by atoms with Crippen LogP contribution in [0.5, 0.6) is 0 Å². The number of amides is 1. The minimum atomic E-state index is -0.524. The number of aromatic amines is 1. The Morgan fingerprint density at radius 3 is 2.14 bits per heavy atom. The van der Waals surface area contributed by atoms with Crippen molar-refractivity contribution >= 4 is 28.6 Å². The summed E-state index contributed by atoms with van der Waals surface area (Å²) in [6, 6.07) is 12.5. The number of benzene rings is 2. The van der Waals surface area contributed by atoms with Gasteiger partial charge in [-0.1, -0.05) is 58.0 Å². The number of nitrogens with one attached hydrogen (secondary N) is 1. The summed E-state index contributed by atoms with van der Waals surface area (Å²) >= 11 is 0. The van der Waals surface area contributed by atoms with Crippen LogP contribution in [0.4, 0.5) is 5.69 Å². The molecule has 1 aromatic heterocycles. The summed E-state index contributed by atoms with van der Waals surface area (Å²) in [7, 11) is 1.64. The molecule has 5 N–H and O–H groups in total. The van der Waals surface area contributed by atoms with Crippen molar-refractivity contribution in [3.63, 3.8) is 0 Å². The number of carbonyl (C=O) groups excluding carboxylic acids is 1. The van der Waals surface area contributed by atoms with Crippen molar-refractivity contribution < 1.29 is 4.79 Å². The highest BCUT2D eigenvalue weighted by molar-refractivity contribution is 6.02. The van der Waals surface area contributed by atoms with Gasteiger partial charge in [0, 0.05) is 24.2 Å². The van der Waals surface area contributed by atoms with Crippen LogP contribution in [0.2, 0.25) is 0 Å². The van der Waals surface area contributed by atoms with Crippen LogP contribution in [-0.4, -0.2) is 29.4 Å². The highest BCUT2D eigenvalue weighted by Gasteiger charge is 2.07. The fourth-order valence-corrected chi connectivity index (χ4v) is 2.30. The number of nitrogens with two attached hydrogens (primary N) is 2. The van der Waals surface area contributed by atoms with Crippen molar-refractivity contribution in [3.05, 3.63) is 69.6 Å². The van der Waals surface area contributed by atoms with Crippen LogP contribution in [0.3, 0.4) is 0 Å². The van der Waals surface area contributed by atoms with E-state index in [0.717, 1.165) is 11.1 Å². The Bertz CT molecular complexity index is 994. The van der Waals surface area contributed by atoms with Crippen molar-refractivity contribution in [2.24, 2.45) is 10.7 Å². The number of para-hydroxylation sites is 1. The van der Waals surface area contributed by atoms with Gasteiger partial charge in [0.15, 0.2) is 0 Å². The van der Waals surface area contributed by atoms with Crippen LogP contribution >= 0.6 is 0 Å². The number of rotatable bonds is 2. The quantitative estimate of drug-likeness (QED) is 0.450. The Morgan fingerprint density at radius 1 is 1.03 bits per heavy atom. The Hall–Kier alpha value is -3.48. The van der Waals surface area contributed by atoms with Crippen LogP contribution in [0, 0.1) is 6.92 Å². The lowest BCUT2D eigenvalue weighted by atomic mass is 10.1. The molecule has 0 radical (unpaired) electrons. The van der Waals surface area contributed by atoms with Crippen LogP contribution in [-0.2, 0) is 0 Å². The molecule has 1 amide bonds. The van der Waals surface area contributed by atoms with Gasteiger partial charge in [0.25, 0.3) is 11.5 Å². The van der Waals surface area contributed by atoms with Gasteiger partial charge in [0.05, 0.1) is 22.3 Å². The van der Waals surface area contributed by atoms with Crippen molar-refractivity contribution in [3.8, 4) is 0 Å². The summed E-state index contributed by atoms with van der Waals surface area (Å²) in [6.07, 6.45) is 1.59. The fraction of sp³-hybridized carbons (Fsp3) is 0.273. The predicted octanol–water partition coefficient (Wildman–Crippen LogP) is 3.70. The Morgan fingerprint density at radius 2 is 1.62 bits per heavy atom. The number of aromatic nitrogens is 2. The number of H-pyrrole nitrogens is 1.